The Morgan fingerprint density at radius 1 is 0.170 bits per heavy atom. The topological polar surface area (TPSA) is 104 Å². The van der Waals surface area contributed by atoms with Crippen LogP contribution in [-0.4, -0.2) is 29.9 Å². The fourth-order valence-electron chi connectivity index (χ4n) is 16.1. The number of hydrogen-bond donors (Lipinski definition) is 0. The lowest BCUT2D eigenvalue weighted by atomic mass is 9.88. The molecule has 0 fully saturated rings. The molecule has 0 aliphatic carbocycles. The van der Waals surface area contributed by atoms with Gasteiger partial charge in [-0.25, -0.2) is 29.9 Å². The number of rotatable bonds is 13. The van der Waals surface area contributed by atoms with Crippen LogP contribution in [0.5, 0.6) is 0 Å². The van der Waals surface area contributed by atoms with E-state index in [4.69, 9.17) is 38.7 Å². The average Bonchev–Trinajstić information content (AvgIpc) is 1.40. The van der Waals surface area contributed by atoms with Gasteiger partial charge in [-0.3, -0.25) is 0 Å². The average molecular weight is 1470 g/mol. The molecule has 6 aromatic heterocycles. The summed E-state index contributed by atoms with van der Waals surface area (Å²) in [5.41, 5.74) is 24.3. The highest BCUT2D eigenvalue weighted by atomic mass is 32.1. The van der Waals surface area contributed by atoms with Crippen LogP contribution in [0.25, 0.3) is 230 Å². The zero-order valence-electron chi connectivity index (χ0n) is 60.0. The summed E-state index contributed by atoms with van der Waals surface area (Å²) in [6, 6.07) is 129. The molecule has 16 aromatic carbocycles. The van der Waals surface area contributed by atoms with Crippen molar-refractivity contribution in [3.05, 3.63) is 364 Å². The summed E-state index contributed by atoms with van der Waals surface area (Å²) >= 11 is 3.56. The molecule has 6 heterocycles. The molecule has 0 N–H and O–H groups in total. The zero-order valence-corrected chi connectivity index (χ0v) is 61.6. The highest BCUT2D eigenvalue weighted by molar-refractivity contribution is 7.26. The molecule has 0 aliphatic rings. The van der Waals surface area contributed by atoms with Crippen LogP contribution in [0.3, 0.4) is 0 Å². The van der Waals surface area contributed by atoms with Crippen LogP contribution in [0.15, 0.2) is 373 Å². The third-order valence-corrected chi connectivity index (χ3v) is 23.9. The van der Waals surface area contributed by atoms with Gasteiger partial charge in [-0.15, -0.1) is 22.7 Å². The van der Waals surface area contributed by atoms with Gasteiger partial charge in [0, 0.05) is 101 Å². The monoisotopic (exact) mass is 1460 g/mol. The summed E-state index contributed by atoms with van der Waals surface area (Å²) < 4.78 is 18.2. The summed E-state index contributed by atoms with van der Waals surface area (Å²) in [7, 11) is 0. The van der Waals surface area contributed by atoms with Crippen LogP contribution in [0, 0.1) is 0 Å². The Balaban J connectivity index is 0.616. The first kappa shape index (κ1) is 64.7. The molecule has 0 bridgehead atoms. The second-order valence-electron chi connectivity index (χ2n) is 28.4. The van der Waals surface area contributed by atoms with Crippen LogP contribution in [0.2, 0.25) is 0 Å². The molecule has 0 spiro atoms. The van der Waals surface area contributed by atoms with Crippen molar-refractivity contribution in [2.24, 2.45) is 0 Å². The molecular formula is C102H60N6O2S2. The van der Waals surface area contributed by atoms with Gasteiger partial charge in [0.25, 0.3) is 0 Å². The summed E-state index contributed by atoms with van der Waals surface area (Å²) in [4.78, 5) is 31.0. The summed E-state index contributed by atoms with van der Waals surface area (Å²) in [5, 5.41) is 9.04. The first-order chi connectivity index (χ1) is 55.4. The second-order valence-corrected chi connectivity index (χ2v) is 30.6. The molecule has 10 heteroatoms. The van der Waals surface area contributed by atoms with Crippen molar-refractivity contribution >= 4 is 107 Å². The maximum atomic E-state index is 6.84. The molecule has 522 valence electrons. The van der Waals surface area contributed by atoms with E-state index in [-0.39, 0.29) is 0 Å². The quantitative estimate of drug-likeness (QED) is 0.112. The number of furan rings is 2. The first-order valence-electron chi connectivity index (χ1n) is 37.4. The van der Waals surface area contributed by atoms with Crippen LogP contribution in [0.4, 0.5) is 0 Å². The van der Waals surface area contributed by atoms with E-state index in [2.05, 4.69) is 273 Å². The van der Waals surface area contributed by atoms with Crippen molar-refractivity contribution in [3.8, 4) is 146 Å². The summed E-state index contributed by atoms with van der Waals surface area (Å²) in [6.07, 6.45) is 0. The van der Waals surface area contributed by atoms with Crippen molar-refractivity contribution in [1.29, 1.82) is 0 Å². The van der Waals surface area contributed by atoms with E-state index in [1.54, 1.807) is 22.7 Å². The Bertz CT molecular complexity index is 7430. The molecule has 0 saturated heterocycles. The standard InChI is InChI=1S/C102H60N6O2S2/c1-6-21-61(22-7-1)62-37-39-64(40-38-62)84-56-75(57-87-78-33-16-18-35-88(78)110-96(84)87)68-44-49-91-85(52-68)79-48-43-74(60-94(79)111-91)102-107-99(67-29-14-5-15-30-67)104-100(108-102)72-32-20-31-70(51-72)77-46-41-71(54-82(77)63-23-8-2-9-24-63)83-55-76(58-90-95(83)81-34-17-19-36-89(81)109-90)69-45-50-92-86(53-69)80-47-42-73(59-93(80)112-92)101-105-97(65-25-10-3-11-26-65)103-98(106-101)66-27-12-4-13-28-66/h1-60H. The fraction of sp³-hybridized carbons (Fsp3) is 0. The van der Waals surface area contributed by atoms with Crippen molar-refractivity contribution in [3.63, 3.8) is 0 Å². The van der Waals surface area contributed by atoms with E-state index in [0.29, 0.717) is 34.9 Å². The van der Waals surface area contributed by atoms with Gasteiger partial charge >= 0.3 is 0 Å². The number of benzene rings is 16. The Morgan fingerprint density at radius 2 is 0.545 bits per heavy atom. The number of fused-ring (bicyclic) bond motifs is 12. The lowest BCUT2D eigenvalue weighted by Crippen LogP contribution is -2.00. The number of nitrogens with zero attached hydrogens (tertiary/aromatic N) is 6. The summed E-state index contributed by atoms with van der Waals surface area (Å²) in [6.45, 7) is 0. The predicted octanol–water partition coefficient (Wildman–Crippen LogP) is 28.3. The van der Waals surface area contributed by atoms with Gasteiger partial charge in [0.15, 0.2) is 34.9 Å². The molecule has 22 aromatic rings. The van der Waals surface area contributed by atoms with E-state index in [9.17, 15) is 0 Å². The summed E-state index contributed by atoms with van der Waals surface area (Å²) in [5.74, 6) is 3.67. The number of aromatic nitrogens is 6. The van der Waals surface area contributed by atoms with Gasteiger partial charge in [-0.2, -0.15) is 0 Å². The van der Waals surface area contributed by atoms with Gasteiger partial charge in [-0.1, -0.05) is 279 Å². The molecule has 0 saturated carbocycles. The maximum absolute atomic E-state index is 6.84. The van der Waals surface area contributed by atoms with Crippen molar-refractivity contribution < 1.29 is 8.83 Å². The largest absolute Gasteiger partial charge is 0.456 e. The minimum absolute atomic E-state index is 0.581. The molecule has 22 rings (SSSR count). The van der Waals surface area contributed by atoms with E-state index in [1.807, 2.05) is 91.0 Å². The SMILES string of the molecule is c1ccc(-c2ccc(-c3cc(-c4ccc5sc6cc(-c7nc(-c8ccccc8)nc(-c8cccc(-c9ccc(-c%10cc(-c%11ccc%12sc%13cc(-c%14nc(-c%15ccccc%15)nc(-c%15ccccc%15)n%14)ccc%13c%12c%11)cc%11oc%12ccccc%12c%10%11)cc9-c9ccccc9)c8)n7)ccc6c5c4)cc4c3oc3ccccc34)cc2)cc1. The van der Waals surface area contributed by atoms with Gasteiger partial charge in [0.2, 0.25) is 0 Å². The Labute approximate surface area is 651 Å². The first-order valence-corrected chi connectivity index (χ1v) is 39.0. The Morgan fingerprint density at radius 3 is 1.11 bits per heavy atom. The third kappa shape index (κ3) is 11.5. The van der Waals surface area contributed by atoms with Crippen LogP contribution >= 0.6 is 22.7 Å². The highest BCUT2D eigenvalue weighted by Gasteiger charge is 2.23. The van der Waals surface area contributed by atoms with E-state index < -0.39 is 0 Å². The van der Waals surface area contributed by atoms with E-state index in [1.165, 1.54) is 42.1 Å². The molecule has 8 nitrogen and oxygen atoms in total. The Hall–Kier alpha value is -14.4. The molecular weight excluding hydrogens is 1410 g/mol. The van der Waals surface area contributed by atoms with E-state index in [0.717, 1.165) is 153 Å². The lowest BCUT2D eigenvalue weighted by molar-refractivity contribution is 0.669. The van der Waals surface area contributed by atoms with Gasteiger partial charge < -0.3 is 8.83 Å². The van der Waals surface area contributed by atoms with Gasteiger partial charge in [0.05, 0.1) is 0 Å². The minimum Gasteiger partial charge on any atom is -0.456 e. The number of para-hydroxylation sites is 2. The van der Waals surface area contributed by atoms with Crippen LogP contribution in [0.1, 0.15) is 0 Å². The van der Waals surface area contributed by atoms with Gasteiger partial charge in [-0.05, 0) is 157 Å². The highest BCUT2D eigenvalue weighted by Crippen LogP contribution is 2.48. The van der Waals surface area contributed by atoms with Crippen molar-refractivity contribution in [1.82, 2.24) is 29.9 Å². The molecule has 112 heavy (non-hydrogen) atoms. The smallest absolute Gasteiger partial charge is 0.164 e. The predicted molar refractivity (Wildman–Crippen MR) is 464 cm³/mol. The number of hydrogen-bond acceptors (Lipinski definition) is 10. The fourth-order valence-corrected chi connectivity index (χ4v) is 18.3. The van der Waals surface area contributed by atoms with E-state index >= 15 is 0 Å². The Kier molecular flexibility index (Phi) is 15.5. The maximum Gasteiger partial charge on any atom is 0.164 e. The number of thiophene rings is 2. The van der Waals surface area contributed by atoms with Crippen molar-refractivity contribution in [2.75, 3.05) is 0 Å². The molecule has 0 aliphatic heterocycles. The normalized spacial score (nSPS) is 11.8. The molecule has 0 unspecified atom stereocenters. The van der Waals surface area contributed by atoms with Crippen LogP contribution < -0.4 is 0 Å². The minimum atomic E-state index is 0.581. The molecule has 0 amide bonds. The second kappa shape index (κ2) is 26.8. The molecule has 0 atom stereocenters. The van der Waals surface area contributed by atoms with Crippen molar-refractivity contribution in [2.45, 2.75) is 0 Å². The van der Waals surface area contributed by atoms with Crippen LogP contribution in [-0.2, 0) is 0 Å². The zero-order chi connectivity index (χ0) is 73.7. The third-order valence-electron chi connectivity index (χ3n) is 21.6. The van der Waals surface area contributed by atoms with Gasteiger partial charge in [0.1, 0.15) is 22.3 Å². The lowest BCUT2D eigenvalue weighted by Gasteiger charge is -2.16. The molecule has 0 radical (unpaired) electrons.